The molecule has 5 heteroatoms. The Labute approximate surface area is 152 Å². The highest BCUT2D eigenvalue weighted by atomic mass is 35.5. The summed E-state index contributed by atoms with van der Waals surface area (Å²) < 4.78 is 10.6. The highest BCUT2D eigenvalue weighted by Gasteiger charge is 2.19. The van der Waals surface area contributed by atoms with Crippen molar-refractivity contribution in [1.29, 1.82) is 0 Å². The Morgan fingerprint density at radius 1 is 1.00 bits per heavy atom. The molecule has 4 nitrogen and oxygen atoms in total. The summed E-state index contributed by atoms with van der Waals surface area (Å²) in [5, 5.41) is 0.643. The van der Waals surface area contributed by atoms with Gasteiger partial charge >= 0.3 is 5.97 Å². The Morgan fingerprint density at radius 2 is 1.64 bits per heavy atom. The number of ether oxygens (including phenoxy) is 2. The smallest absolute Gasteiger partial charge is 0.347 e. The van der Waals surface area contributed by atoms with Gasteiger partial charge in [0.1, 0.15) is 5.75 Å². The van der Waals surface area contributed by atoms with Crippen molar-refractivity contribution in [3.63, 3.8) is 0 Å². The summed E-state index contributed by atoms with van der Waals surface area (Å²) in [6.07, 6.45) is 0.170. The molecule has 0 aliphatic rings. The van der Waals surface area contributed by atoms with Gasteiger partial charge in [0.15, 0.2) is 11.9 Å². The summed E-state index contributed by atoms with van der Waals surface area (Å²) in [6.45, 7) is 3.92. The van der Waals surface area contributed by atoms with Crippen LogP contribution in [0.3, 0.4) is 0 Å². The molecule has 0 saturated carbocycles. The fourth-order valence-corrected chi connectivity index (χ4v) is 2.43. The molecule has 0 bridgehead atoms. The molecule has 0 saturated heterocycles. The van der Waals surface area contributed by atoms with E-state index in [2.05, 4.69) is 0 Å². The number of hydrogen-bond donors (Lipinski definition) is 0. The molecule has 2 aromatic carbocycles. The van der Waals surface area contributed by atoms with E-state index in [-0.39, 0.29) is 11.8 Å². The van der Waals surface area contributed by atoms with Crippen LogP contribution in [0.2, 0.25) is 5.02 Å². The maximum Gasteiger partial charge on any atom is 0.347 e. The second-order valence-electron chi connectivity index (χ2n) is 5.52. The number of Topliss-reactive ketones (excluding diaryl/α,β-unsaturated/α-hetero) is 1. The Kier molecular flexibility index (Phi) is 7.02. The van der Waals surface area contributed by atoms with Crippen LogP contribution in [-0.4, -0.2) is 24.5 Å². The quantitative estimate of drug-likeness (QED) is 0.514. The van der Waals surface area contributed by atoms with E-state index in [0.29, 0.717) is 35.8 Å². The van der Waals surface area contributed by atoms with Crippen molar-refractivity contribution in [1.82, 2.24) is 0 Å². The van der Waals surface area contributed by atoms with Gasteiger partial charge in [0.05, 0.1) is 6.61 Å². The van der Waals surface area contributed by atoms with Gasteiger partial charge in [-0.2, -0.15) is 0 Å². The molecular weight excluding hydrogens is 340 g/mol. The molecular formula is C20H21ClO4. The lowest BCUT2D eigenvalue weighted by atomic mass is 10.0. The minimum Gasteiger partial charge on any atom is -0.479 e. The number of carbonyl (C=O) groups excluding carboxylic acids is 2. The van der Waals surface area contributed by atoms with Crippen LogP contribution >= 0.6 is 11.6 Å². The van der Waals surface area contributed by atoms with Gasteiger partial charge in [-0.05, 0) is 55.3 Å². The van der Waals surface area contributed by atoms with Gasteiger partial charge in [0.25, 0.3) is 0 Å². The average Bonchev–Trinajstić information content (AvgIpc) is 2.62. The summed E-state index contributed by atoms with van der Waals surface area (Å²) in [5.41, 5.74) is 1.49. The molecule has 132 valence electrons. The molecule has 2 aromatic rings. The van der Waals surface area contributed by atoms with E-state index in [4.69, 9.17) is 21.1 Å². The molecule has 0 radical (unpaired) electrons. The minimum absolute atomic E-state index is 0.00584. The Hall–Kier alpha value is -2.33. The summed E-state index contributed by atoms with van der Waals surface area (Å²) in [6, 6.07) is 14.0. The first kappa shape index (κ1) is 19.0. The van der Waals surface area contributed by atoms with Gasteiger partial charge in [0.2, 0.25) is 0 Å². The number of benzene rings is 2. The molecule has 1 atom stereocenters. The van der Waals surface area contributed by atoms with Crippen molar-refractivity contribution in [2.75, 3.05) is 6.61 Å². The monoisotopic (exact) mass is 360 g/mol. The van der Waals surface area contributed by atoms with Crippen LogP contribution in [0.5, 0.6) is 5.75 Å². The molecule has 25 heavy (non-hydrogen) atoms. The highest BCUT2D eigenvalue weighted by molar-refractivity contribution is 6.30. The van der Waals surface area contributed by atoms with Crippen molar-refractivity contribution >= 4 is 23.4 Å². The van der Waals surface area contributed by atoms with Crippen LogP contribution in [0.1, 0.15) is 36.2 Å². The van der Waals surface area contributed by atoms with E-state index < -0.39 is 6.10 Å². The summed E-state index contributed by atoms with van der Waals surface area (Å²) in [5.74, 6) is 0.155. The van der Waals surface area contributed by atoms with Crippen molar-refractivity contribution in [3.8, 4) is 5.75 Å². The lowest BCUT2D eigenvalue weighted by Gasteiger charge is -2.16. The first-order valence-electron chi connectivity index (χ1n) is 8.24. The van der Waals surface area contributed by atoms with Crippen LogP contribution in [0.15, 0.2) is 48.5 Å². The number of rotatable bonds is 8. The van der Waals surface area contributed by atoms with Gasteiger partial charge in [0, 0.05) is 17.0 Å². The Morgan fingerprint density at radius 3 is 2.20 bits per heavy atom. The van der Waals surface area contributed by atoms with Crippen LogP contribution in [0.4, 0.5) is 0 Å². The molecule has 0 aromatic heterocycles. The predicted molar refractivity (Wildman–Crippen MR) is 97.3 cm³/mol. The largest absolute Gasteiger partial charge is 0.479 e. The average molecular weight is 361 g/mol. The number of hydrogen-bond acceptors (Lipinski definition) is 4. The fourth-order valence-electron chi connectivity index (χ4n) is 2.31. The van der Waals surface area contributed by atoms with Crippen LogP contribution in [0.25, 0.3) is 0 Å². The van der Waals surface area contributed by atoms with Crippen LogP contribution < -0.4 is 4.74 Å². The van der Waals surface area contributed by atoms with E-state index in [1.165, 1.54) is 0 Å². The lowest BCUT2D eigenvalue weighted by molar-refractivity contribution is -0.151. The standard InChI is InChI=1S/C20H21ClO4/c1-3-19(20(23)24-4-2)25-17-11-7-15(8-12-17)18(22)13-14-5-9-16(21)10-6-14/h5-12,19H,3-4,13H2,1-2H3. The van der Waals surface area contributed by atoms with Gasteiger partial charge in [-0.3, -0.25) is 4.79 Å². The second kappa shape index (κ2) is 9.23. The van der Waals surface area contributed by atoms with Crippen LogP contribution in [-0.2, 0) is 16.0 Å². The maximum atomic E-state index is 12.3. The molecule has 0 amide bonds. The number of ketones is 1. The van der Waals surface area contributed by atoms with Crippen molar-refractivity contribution in [2.45, 2.75) is 32.8 Å². The van der Waals surface area contributed by atoms with E-state index >= 15 is 0 Å². The van der Waals surface area contributed by atoms with Gasteiger partial charge < -0.3 is 9.47 Å². The number of esters is 1. The molecule has 1 unspecified atom stereocenters. The third kappa shape index (κ3) is 5.61. The first-order chi connectivity index (χ1) is 12.0. The van der Waals surface area contributed by atoms with E-state index in [1.54, 1.807) is 43.3 Å². The number of carbonyl (C=O) groups is 2. The Balaban J connectivity index is 1.99. The zero-order chi connectivity index (χ0) is 18.2. The van der Waals surface area contributed by atoms with Gasteiger partial charge in [-0.15, -0.1) is 0 Å². The molecule has 2 rings (SSSR count). The van der Waals surface area contributed by atoms with Crippen LogP contribution in [0, 0.1) is 0 Å². The number of halogens is 1. The van der Waals surface area contributed by atoms with Gasteiger partial charge in [-0.1, -0.05) is 30.7 Å². The SMILES string of the molecule is CCOC(=O)C(CC)Oc1ccc(C(=O)Cc2ccc(Cl)cc2)cc1. The normalized spacial score (nSPS) is 11.6. The van der Waals surface area contributed by atoms with Crippen molar-refractivity contribution in [2.24, 2.45) is 0 Å². The third-order valence-corrected chi connectivity index (χ3v) is 3.90. The van der Waals surface area contributed by atoms with E-state index in [9.17, 15) is 9.59 Å². The second-order valence-corrected chi connectivity index (χ2v) is 5.95. The molecule has 0 spiro atoms. The minimum atomic E-state index is -0.643. The summed E-state index contributed by atoms with van der Waals surface area (Å²) in [4.78, 5) is 24.1. The summed E-state index contributed by atoms with van der Waals surface area (Å²) >= 11 is 5.85. The zero-order valence-electron chi connectivity index (χ0n) is 14.3. The highest BCUT2D eigenvalue weighted by Crippen LogP contribution is 2.18. The maximum absolute atomic E-state index is 12.3. The fraction of sp³-hybridized carbons (Fsp3) is 0.300. The summed E-state index contributed by atoms with van der Waals surface area (Å²) in [7, 11) is 0. The third-order valence-electron chi connectivity index (χ3n) is 3.65. The lowest BCUT2D eigenvalue weighted by Crippen LogP contribution is -2.28. The Bertz CT molecular complexity index is 707. The van der Waals surface area contributed by atoms with E-state index in [0.717, 1.165) is 5.56 Å². The molecule has 0 aliphatic carbocycles. The topological polar surface area (TPSA) is 52.6 Å². The first-order valence-corrected chi connectivity index (χ1v) is 8.62. The molecule has 0 N–H and O–H groups in total. The zero-order valence-corrected chi connectivity index (χ0v) is 15.1. The molecule has 0 heterocycles. The molecule has 0 fully saturated rings. The predicted octanol–water partition coefficient (Wildman–Crippen LogP) is 4.49. The van der Waals surface area contributed by atoms with Crippen molar-refractivity contribution in [3.05, 3.63) is 64.7 Å². The molecule has 0 aliphatic heterocycles. The van der Waals surface area contributed by atoms with Gasteiger partial charge in [-0.25, -0.2) is 4.79 Å². The van der Waals surface area contributed by atoms with E-state index in [1.807, 2.05) is 19.1 Å². The van der Waals surface area contributed by atoms with Crippen molar-refractivity contribution < 1.29 is 19.1 Å².